The van der Waals surface area contributed by atoms with Crippen LogP contribution in [0.4, 0.5) is 11.4 Å². The van der Waals surface area contributed by atoms with Crippen molar-refractivity contribution in [3.63, 3.8) is 0 Å². The van der Waals surface area contributed by atoms with Crippen LogP contribution in [0.15, 0.2) is 53.3 Å². The second-order valence-electron chi connectivity index (χ2n) is 5.86. The molecule has 0 aliphatic carbocycles. The Kier molecular flexibility index (Phi) is 5.63. The molecule has 0 amide bonds. The number of carbonyl (C=O) groups excluding carboxylic acids is 1. The van der Waals surface area contributed by atoms with Crippen molar-refractivity contribution in [1.29, 1.82) is 0 Å². The number of nitrogens with zero attached hydrogens (tertiary/aromatic N) is 2. The first kappa shape index (κ1) is 19.1. The zero-order chi connectivity index (χ0) is 19.6. The Morgan fingerprint density at radius 1 is 1.04 bits per heavy atom. The topological polar surface area (TPSA) is 64.0 Å². The SMILES string of the molecule is CCn1nc(-c2ccccc2)c(C(C)=O)c(Nc2c(Cl)cccc2Cl)c1=O. The molecule has 0 saturated carbocycles. The fourth-order valence-corrected chi connectivity index (χ4v) is 3.28. The zero-order valence-corrected chi connectivity index (χ0v) is 16.3. The van der Waals surface area contributed by atoms with Gasteiger partial charge in [0.25, 0.3) is 5.56 Å². The fraction of sp³-hybridized carbons (Fsp3) is 0.150. The number of Topliss-reactive ketones (excluding diaryl/α,β-unsaturated/α-hetero) is 1. The van der Waals surface area contributed by atoms with E-state index in [0.717, 1.165) is 5.56 Å². The minimum Gasteiger partial charge on any atom is -0.348 e. The van der Waals surface area contributed by atoms with E-state index in [1.807, 2.05) is 37.3 Å². The Balaban J connectivity index is 2.32. The van der Waals surface area contributed by atoms with Gasteiger partial charge in [0.15, 0.2) is 5.78 Å². The maximum Gasteiger partial charge on any atom is 0.291 e. The van der Waals surface area contributed by atoms with E-state index in [0.29, 0.717) is 28.0 Å². The molecule has 7 heteroatoms. The third-order valence-electron chi connectivity index (χ3n) is 4.07. The van der Waals surface area contributed by atoms with Crippen LogP contribution < -0.4 is 10.9 Å². The van der Waals surface area contributed by atoms with E-state index in [1.165, 1.54) is 11.6 Å². The summed E-state index contributed by atoms with van der Waals surface area (Å²) in [5.74, 6) is -0.285. The zero-order valence-electron chi connectivity index (χ0n) is 14.8. The Labute approximate surface area is 166 Å². The maximum absolute atomic E-state index is 12.9. The molecule has 138 valence electrons. The predicted molar refractivity (Wildman–Crippen MR) is 109 cm³/mol. The summed E-state index contributed by atoms with van der Waals surface area (Å²) in [4.78, 5) is 25.4. The molecule has 0 aliphatic rings. The number of rotatable bonds is 5. The predicted octanol–water partition coefficient (Wildman–Crippen LogP) is 5.18. The second kappa shape index (κ2) is 7.94. The molecule has 27 heavy (non-hydrogen) atoms. The van der Waals surface area contributed by atoms with Gasteiger partial charge in [-0.05, 0) is 26.0 Å². The lowest BCUT2D eigenvalue weighted by Crippen LogP contribution is -2.28. The Morgan fingerprint density at radius 2 is 1.67 bits per heavy atom. The van der Waals surface area contributed by atoms with Crippen LogP contribution in [0.1, 0.15) is 24.2 Å². The van der Waals surface area contributed by atoms with Gasteiger partial charge in [-0.15, -0.1) is 0 Å². The van der Waals surface area contributed by atoms with Crippen LogP contribution in [-0.4, -0.2) is 15.6 Å². The molecule has 0 aliphatic heterocycles. The number of aryl methyl sites for hydroxylation is 1. The van der Waals surface area contributed by atoms with E-state index < -0.39 is 5.56 Å². The molecule has 3 aromatic rings. The molecule has 0 fully saturated rings. The number of carbonyl (C=O) groups is 1. The molecule has 2 aromatic carbocycles. The van der Waals surface area contributed by atoms with Crippen LogP contribution in [0.2, 0.25) is 10.0 Å². The van der Waals surface area contributed by atoms with Crippen molar-refractivity contribution in [3.8, 4) is 11.3 Å². The molecule has 0 spiro atoms. The van der Waals surface area contributed by atoms with E-state index in [9.17, 15) is 9.59 Å². The van der Waals surface area contributed by atoms with Gasteiger partial charge in [0.2, 0.25) is 0 Å². The number of aromatic nitrogens is 2. The number of hydrogen-bond acceptors (Lipinski definition) is 4. The van der Waals surface area contributed by atoms with Crippen LogP contribution in [-0.2, 0) is 6.54 Å². The highest BCUT2D eigenvalue weighted by Gasteiger charge is 2.23. The second-order valence-corrected chi connectivity index (χ2v) is 6.68. The molecule has 5 nitrogen and oxygen atoms in total. The number of ketones is 1. The van der Waals surface area contributed by atoms with E-state index in [4.69, 9.17) is 23.2 Å². The summed E-state index contributed by atoms with van der Waals surface area (Å²) < 4.78 is 1.31. The van der Waals surface area contributed by atoms with Crippen LogP contribution in [0.5, 0.6) is 0 Å². The molecular weight excluding hydrogens is 385 g/mol. The van der Waals surface area contributed by atoms with E-state index in [2.05, 4.69) is 10.4 Å². The van der Waals surface area contributed by atoms with Crippen LogP contribution in [0, 0.1) is 0 Å². The quantitative estimate of drug-likeness (QED) is 0.597. The molecule has 0 unspecified atom stereocenters. The van der Waals surface area contributed by atoms with Crippen LogP contribution >= 0.6 is 23.2 Å². The molecule has 1 heterocycles. The van der Waals surface area contributed by atoms with Crippen molar-refractivity contribution in [2.45, 2.75) is 20.4 Å². The van der Waals surface area contributed by atoms with E-state index in [1.54, 1.807) is 18.2 Å². The Morgan fingerprint density at radius 3 is 2.22 bits per heavy atom. The van der Waals surface area contributed by atoms with Gasteiger partial charge in [0.05, 0.1) is 21.3 Å². The smallest absolute Gasteiger partial charge is 0.291 e. The Hall–Kier alpha value is -2.63. The number of para-hydroxylation sites is 1. The van der Waals surface area contributed by atoms with E-state index in [-0.39, 0.29) is 17.0 Å². The van der Waals surface area contributed by atoms with Crippen molar-refractivity contribution < 1.29 is 4.79 Å². The summed E-state index contributed by atoms with van der Waals surface area (Å²) in [6, 6.07) is 14.3. The van der Waals surface area contributed by atoms with Gasteiger partial charge >= 0.3 is 0 Å². The molecule has 0 atom stereocenters. The number of hydrogen-bond donors (Lipinski definition) is 1. The molecule has 0 radical (unpaired) electrons. The number of benzene rings is 2. The highest BCUT2D eigenvalue weighted by Crippen LogP contribution is 2.34. The minimum absolute atomic E-state index is 0.105. The van der Waals surface area contributed by atoms with Gasteiger partial charge in [0.1, 0.15) is 11.4 Å². The summed E-state index contributed by atoms with van der Waals surface area (Å²) >= 11 is 12.5. The highest BCUT2D eigenvalue weighted by molar-refractivity contribution is 6.39. The largest absolute Gasteiger partial charge is 0.348 e. The number of anilines is 2. The van der Waals surface area contributed by atoms with Crippen molar-refractivity contribution in [2.75, 3.05) is 5.32 Å². The van der Waals surface area contributed by atoms with Gasteiger partial charge in [-0.25, -0.2) is 4.68 Å². The van der Waals surface area contributed by atoms with Gasteiger partial charge in [-0.3, -0.25) is 9.59 Å². The van der Waals surface area contributed by atoms with Gasteiger partial charge in [0, 0.05) is 12.1 Å². The monoisotopic (exact) mass is 401 g/mol. The molecule has 0 saturated heterocycles. The molecule has 1 N–H and O–H groups in total. The number of halogens is 2. The van der Waals surface area contributed by atoms with Gasteiger partial charge < -0.3 is 5.32 Å². The van der Waals surface area contributed by atoms with Crippen molar-refractivity contribution in [1.82, 2.24) is 9.78 Å². The lowest BCUT2D eigenvalue weighted by molar-refractivity contribution is 0.101. The third kappa shape index (κ3) is 3.75. The van der Waals surface area contributed by atoms with E-state index >= 15 is 0 Å². The molecule has 0 bridgehead atoms. The van der Waals surface area contributed by atoms with Crippen LogP contribution in [0.3, 0.4) is 0 Å². The van der Waals surface area contributed by atoms with Crippen LogP contribution in [0.25, 0.3) is 11.3 Å². The molecule has 3 rings (SSSR count). The first-order valence-electron chi connectivity index (χ1n) is 8.36. The van der Waals surface area contributed by atoms with Gasteiger partial charge in [-0.1, -0.05) is 59.6 Å². The number of nitrogens with one attached hydrogen (secondary N) is 1. The van der Waals surface area contributed by atoms with Crippen molar-refractivity contribution in [3.05, 3.63) is 74.5 Å². The first-order valence-corrected chi connectivity index (χ1v) is 9.12. The van der Waals surface area contributed by atoms with Crippen molar-refractivity contribution >= 4 is 40.4 Å². The first-order chi connectivity index (χ1) is 12.9. The minimum atomic E-state index is -0.418. The lowest BCUT2D eigenvalue weighted by atomic mass is 10.0. The maximum atomic E-state index is 12.9. The fourth-order valence-electron chi connectivity index (χ4n) is 2.78. The van der Waals surface area contributed by atoms with Gasteiger partial charge in [-0.2, -0.15) is 5.10 Å². The standard InChI is InChI=1S/C20H17Cl2N3O2/c1-3-25-20(27)19(23-18-14(21)10-7-11-15(18)22)16(12(2)26)17(24-25)13-8-5-4-6-9-13/h4-11,23H,3H2,1-2H3. The summed E-state index contributed by atoms with van der Waals surface area (Å²) in [5.41, 5.74) is 1.42. The summed E-state index contributed by atoms with van der Waals surface area (Å²) in [6.07, 6.45) is 0. The lowest BCUT2D eigenvalue weighted by Gasteiger charge is -2.17. The molecular formula is C20H17Cl2N3O2. The average Bonchev–Trinajstić information content (AvgIpc) is 2.66. The van der Waals surface area contributed by atoms with Crippen molar-refractivity contribution in [2.24, 2.45) is 0 Å². The summed E-state index contributed by atoms with van der Waals surface area (Å²) in [7, 11) is 0. The normalized spacial score (nSPS) is 10.7. The highest BCUT2D eigenvalue weighted by atomic mass is 35.5. The Bertz CT molecular complexity index is 1040. The summed E-state index contributed by atoms with van der Waals surface area (Å²) in [6.45, 7) is 3.56. The average molecular weight is 402 g/mol. The summed E-state index contributed by atoms with van der Waals surface area (Å²) in [5, 5.41) is 8.08. The third-order valence-corrected chi connectivity index (χ3v) is 4.70. The molecule has 1 aromatic heterocycles.